The average molecular weight is 644 g/mol. The molecule has 47 heavy (non-hydrogen) atoms. The number of pyridine rings is 2. The van der Waals surface area contributed by atoms with Crippen molar-refractivity contribution in [1.29, 1.82) is 0 Å². The number of hydrogen-bond acceptors (Lipinski definition) is 7. The number of carboxylic acid groups (broad SMARTS) is 1. The predicted octanol–water partition coefficient (Wildman–Crippen LogP) is 5.71. The molecule has 10 nitrogen and oxygen atoms in total. The third-order valence-corrected chi connectivity index (χ3v) is 9.13. The molecule has 1 fully saturated rings. The van der Waals surface area contributed by atoms with E-state index in [-0.39, 0.29) is 11.7 Å². The molecule has 2 aliphatic rings. The molecule has 1 aromatic carbocycles. The monoisotopic (exact) mass is 643 g/mol. The summed E-state index contributed by atoms with van der Waals surface area (Å²) in [5, 5.41) is 11.2. The summed E-state index contributed by atoms with van der Waals surface area (Å²) in [5.41, 5.74) is 5.21. The third kappa shape index (κ3) is 6.09. The number of carboxylic acids is 1. The van der Waals surface area contributed by atoms with Crippen LogP contribution in [-0.2, 0) is 23.0 Å². The molecule has 0 aliphatic carbocycles. The first-order valence-corrected chi connectivity index (χ1v) is 16.0. The van der Waals surface area contributed by atoms with Gasteiger partial charge in [0.05, 0.1) is 17.9 Å². The molecule has 0 spiro atoms. The van der Waals surface area contributed by atoms with E-state index >= 15 is 4.39 Å². The van der Waals surface area contributed by atoms with Gasteiger partial charge in [-0.05, 0) is 89.9 Å². The number of carbonyl (C=O) groups excluding carboxylic acids is 1. The Labute approximate surface area is 274 Å². The molecule has 4 aromatic rings. The lowest BCUT2D eigenvalue weighted by molar-refractivity contribution is -0.160. The van der Waals surface area contributed by atoms with Crippen molar-refractivity contribution in [2.24, 2.45) is 7.05 Å². The van der Waals surface area contributed by atoms with Gasteiger partial charge in [0.25, 0.3) is 5.91 Å². The number of halogens is 1. The maximum atomic E-state index is 15.8. The summed E-state index contributed by atoms with van der Waals surface area (Å²) in [5.74, 6) is -1.52. The van der Waals surface area contributed by atoms with Gasteiger partial charge in [0.1, 0.15) is 11.3 Å². The van der Waals surface area contributed by atoms with E-state index in [1.165, 1.54) is 6.07 Å². The summed E-state index contributed by atoms with van der Waals surface area (Å²) in [6, 6.07) is 7.00. The van der Waals surface area contributed by atoms with Crippen LogP contribution in [0, 0.1) is 19.7 Å². The number of benzene rings is 1. The van der Waals surface area contributed by atoms with Crippen LogP contribution >= 0.6 is 0 Å². The van der Waals surface area contributed by atoms with Crippen molar-refractivity contribution in [1.82, 2.24) is 24.3 Å². The van der Waals surface area contributed by atoms with Crippen LogP contribution < -0.4 is 4.74 Å². The summed E-state index contributed by atoms with van der Waals surface area (Å²) in [6.45, 7) is 12.4. The highest BCUT2D eigenvalue weighted by atomic mass is 19.1. The quantitative estimate of drug-likeness (QED) is 0.285. The second-order valence-corrected chi connectivity index (χ2v) is 13.6. The van der Waals surface area contributed by atoms with Gasteiger partial charge in [0, 0.05) is 72.8 Å². The number of ether oxygens (including phenoxy) is 2. The van der Waals surface area contributed by atoms with Crippen LogP contribution in [-0.4, -0.2) is 86.8 Å². The molecule has 1 atom stereocenters. The van der Waals surface area contributed by atoms with Crippen LogP contribution in [0.25, 0.3) is 33.4 Å². The largest absolute Gasteiger partial charge is 0.490 e. The van der Waals surface area contributed by atoms with Crippen LogP contribution in [0.15, 0.2) is 30.5 Å². The van der Waals surface area contributed by atoms with Gasteiger partial charge in [-0.3, -0.25) is 9.78 Å². The van der Waals surface area contributed by atoms with Gasteiger partial charge in [-0.1, -0.05) is 0 Å². The molecule has 0 saturated carbocycles. The number of aryl methyl sites for hydroxylation is 2. The molecule has 6 rings (SSSR count). The number of likely N-dealkylation sites (N-methyl/N-ethyl adjacent to an activating group) is 1. The second-order valence-electron chi connectivity index (χ2n) is 13.6. The number of carbonyl (C=O) groups is 2. The summed E-state index contributed by atoms with van der Waals surface area (Å²) in [4.78, 5) is 39.6. The van der Waals surface area contributed by atoms with Crippen LogP contribution in [0.5, 0.6) is 5.75 Å². The fourth-order valence-electron chi connectivity index (χ4n) is 6.73. The average Bonchev–Trinajstić information content (AvgIpc) is 3.36. The molecule has 3 aromatic heterocycles. The van der Waals surface area contributed by atoms with E-state index in [2.05, 4.69) is 9.88 Å². The maximum Gasteiger partial charge on any atom is 0.337 e. The maximum absolute atomic E-state index is 15.8. The Balaban J connectivity index is 1.58. The number of amides is 1. The third-order valence-electron chi connectivity index (χ3n) is 9.13. The van der Waals surface area contributed by atoms with E-state index in [1.807, 2.05) is 42.6 Å². The number of piperazine rings is 1. The second kappa shape index (κ2) is 12.4. The molecule has 248 valence electrons. The van der Waals surface area contributed by atoms with Crippen molar-refractivity contribution in [3.8, 4) is 28.1 Å². The van der Waals surface area contributed by atoms with Crippen molar-refractivity contribution in [3.05, 3.63) is 64.4 Å². The Morgan fingerprint density at radius 1 is 1.09 bits per heavy atom. The standard InChI is InChI=1S/C36H42FN5O5/c1-20-23-9-8-16-46-31(23)26(37)18-24(20)30-25-19-28(22-10-11-38-27(17-22)34(43)42-14-12-40(6)13-15-42)41(7)33(25)39-21(2)29(30)32(35(44)45)47-36(3,4)5/h10-11,17-19,32H,8-9,12-16H2,1-7H3,(H,44,45). The van der Waals surface area contributed by atoms with Crippen molar-refractivity contribution < 1.29 is 28.6 Å². The van der Waals surface area contributed by atoms with Crippen molar-refractivity contribution in [2.75, 3.05) is 39.8 Å². The van der Waals surface area contributed by atoms with Gasteiger partial charge in [-0.25, -0.2) is 14.2 Å². The Morgan fingerprint density at radius 3 is 2.49 bits per heavy atom. The zero-order valence-corrected chi connectivity index (χ0v) is 28.1. The number of rotatable bonds is 6. The highest BCUT2D eigenvalue weighted by molar-refractivity contribution is 6.02. The van der Waals surface area contributed by atoms with E-state index in [4.69, 9.17) is 14.5 Å². The Bertz CT molecular complexity index is 1890. The first kappa shape index (κ1) is 32.6. The lowest BCUT2D eigenvalue weighted by atomic mass is 9.86. The zero-order chi connectivity index (χ0) is 33.8. The summed E-state index contributed by atoms with van der Waals surface area (Å²) in [7, 11) is 3.92. The molecule has 1 amide bonds. The molecule has 1 N–H and O–H groups in total. The van der Waals surface area contributed by atoms with Gasteiger partial charge < -0.3 is 28.9 Å². The van der Waals surface area contributed by atoms with Crippen LogP contribution in [0.2, 0.25) is 0 Å². The van der Waals surface area contributed by atoms with E-state index in [0.29, 0.717) is 65.2 Å². The number of nitrogens with zero attached hydrogens (tertiary/aromatic N) is 5. The van der Waals surface area contributed by atoms with Gasteiger partial charge >= 0.3 is 5.97 Å². The zero-order valence-electron chi connectivity index (χ0n) is 28.1. The first-order valence-electron chi connectivity index (χ1n) is 16.0. The highest BCUT2D eigenvalue weighted by Crippen LogP contribution is 2.45. The highest BCUT2D eigenvalue weighted by Gasteiger charge is 2.34. The van der Waals surface area contributed by atoms with Crippen LogP contribution in [0.4, 0.5) is 4.39 Å². The first-order chi connectivity index (χ1) is 22.2. The number of aromatic nitrogens is 3. The van der Waals surface area contributed by atoms with Crippen LogP contribution in [0.3, 0.4) is 0 Å². The lowest BCUT2D eigenvalue weighted by Gasteiger charge is -2.32. The number of hydrogen-bond donors (Lipinski definition) is 1. The molecular formula is C36H42FN5O5. The number of fused-ring (bicyclic) bond motifs is 2. The summed E-state index contributed by atoms with van der Waals surface area (Å²) >= 11 is 0. The van der Waals surface area contributed by atoms with Crippen LogP contribution in [0.1, 0.15) is 66.2 Å². The van der Waals surface area contributed by atoms with Gasteiger partial charge in [-0.2, -0.15) is 0 Å². The van der Waals surface area contributed by atoms with Gasteiger partial charge in [-0.15, -0.1) is 0 Å². The van der Waals surface area contributed by atoms with E-state index in [0.717, 1.165) is 41.9 Å². The predicted molar refractivity (Wildman–Crippen MR) is 177 cm³/mol. The Kier molecular flexibility index (Phi) is 8.56. The topological polar surface area (TPSA) is 110 Å². The van der Waals surface area contributed by atoms with E-state index in [1.54, 1.807) is 40.0 Å². The minimum absolute atomic E-state index is 0.123. The molecule has 11 heteroatoms. The molecular weight excluding hydrogens is 601 g/mol. The Hall–Kier alpha value is -4.35. The molecule has 1 unspecified atom stereocenters. The molecule has 5 heterocycles. The smallest absolute Gasteiger partial charge is 0.337 e. The Morgan fingerprint density at radius 2 is 1.81 bits per heavy atom. The van der Waals surface area contributed by atoms with Crippen molar-refractivity contribution in [2.45, 2.75) is 59.2 Å². The number of aliphatic carboxylic acids is 1. The SMILES string of the molecule is Cc1nc2c(cc(-c3ccnc(C(=O)N4CCN(C)CC4)c3)n2C)c(-c2cc(F)c3c(c2C)CCCO3)c1C(OC(C)(C)C)C(=O)O. The minimum Gasteiger partial charge on any atom is -0.490 e. The molecule has 1 saturated heterocycles. The molecule has 2 aliphatic heterocycles. The lowest BCUT2D eigenvalue weighted by Crippen LogP contribution is -2.47. The van der Waals surface area contributed by atoms with Crippen molar-refractivity contribution in [3.63, 3.8) is 0 Å². The van der Waals surface area contributed by atoms with E-state index < -0.39 is 23.5 Å². The minimum atomic E-state index is -1.37. The molecule has 0 radical (unpaired) electrons. The van der Waals surface area contributed by atoms with E-state index in [9.17, 15) is 14.7 Å². The fourth-order valence-corrected chi connectivity index (χ4v) is 6.73. The summed E-state index contributed by atoms with van der Waals surface area (Å²) < 4.78 is 29.6. The fraction of sp³-hybridized carbons (Fsp3) is 0.444. The van der Waals surface area contributed by atoms with Gasteiger partial charge in [0.2, 0.25) is 0 Å². The van der Waals surface area contributed by atoms with Gasteiger partial charge in [0.15, 0.2) is 17.7 Å². The van der Waals surface area contributed by atoms with Crippen molar-refractivity contribution >= 4 is 22.9 Å². The normalized spacial score (nSPS) is 16.2. The molecule has 0 bridgehead atoms. The summed E-state index contributed by atoms with van der Waals surface area (Å²) in [6.07, 6.45) is 1.67.